The first-order chi connectivity index (χ1) is 9.99. The number of ether oxygens (including phenoxy) is 1. The summed E-state index contributed by atoms with van der Waals surface area (Å²) in [7, 11) is -3.18. The molecule has 0 amide bonds. The van der Waals surface area contributed by atoms with Gasteiger partial charge in [0.2, 0.25) is 0 Å². The van der Waals surface area contributed by atoms with Crippen molar-refractivity contribution in [1.82, 2.24) is 4.98 Å². The van der Waals surface area contributed by atoms with Crippen LogP contribution >= 0.6 is 23.1 Å². The summed E-state index contributed by atoms with van der Waals surface area (Å²) in [6.45, 7) is 4.29. The largest absolute Gasteiger partial charge is 0.461 e. The van der Waals surface area contributed by atoms with Crippen molar-refractivity contribution in [3.63, 3.8) is 0 Å². The highest BCUT2D eigenvalue weighted by Crippen LogP contribution is 2.30. The molecule has 1 fully saturated rings. The van der Waals surface area contributed by atoms with Crippen molar-refractivity contribution < 1.29 is 17.9 Å². The van der Waals surface area contributed by atoms with Gasteiger partial charge in [-0.25, -0.2) is 18.2 Å². The van der Waals surface area contributed by atoms with Gasteiger partial charge in [0.1, 0.15) is 5.37 Å². The molecule has 1 saturated heterocycles. The molecule has 9 heteroatoms. The van der Waals surface area contributed by atoms with Crippen LogP contribution in [0.4, 0.5) is 5.13 Å². The summed E-state index contributed by atoms with van der Waals surface area (Å²) >= 11 is 2.91. The molecule has 1 aromatic heterocycles. The van der Waals surface area contributed by atoms with Crippen molar-refractivity contribution >= 4 is 44.0 Å². The zero-order chi connectivity index (χ0) is 15.5. The van der Waals surface area contributed by atoms with E-state index in [4.69, 9.17) is 4.74 Å². The van der Waals surface area contributed by atoms with Gasteiger partial charge in [-0.05, 0) is 6.92 Å². The lowest BCUT2D eigenvalue weighted by Gasteiger charge is -2.34. The molecule has 1 aliphatic heterocycles. The minimum atomic E-state index is -3.18. The third-order valence-electron chi connectivity index (χ3n) is 3.12. The Hall–Kier alpha value is -0.800. The summed E-state index contributed by atoms with van der Waals surface area (Å²) in [6.07, 6.45) is 0. The van der Waals surface area contributed by atoms with Crippen molar-refractivity contribution in [2.75, 3.05) is 35.3 Å². The van der Waals surface area contributed by atoms with Crippen molar-refractivity contribution in [3.8, 4) is 0 Å². The Balaban J connectivity index is 2.24. The molecule has 0 radical (unpaired) electrons. The number of hydrogen-bond donors (Lipinski definition) is 0. The minimum absolute atomic E-state index is 0.102. The Kier molecular flexibility index (Phi) is 5.50. The lowest BCUT2D eigenvalue weighted by molar-refractivity contribution is 0.0520. The van der Waals surface area contributed by atoms with Crippen LogP contribution in [0.2, 0.25) is 0 Å². The Bertz CT molecular complexity index is 599. The number of anilines is 1. The molecule has 6 nitrogen and oxygen atoms in total. The van der Waals surface area contributed by atoms with Crippen LogP contribution in [0, 0.1) is 0 Å². The van der Waals surface area contributed by atoms with E-state index >= 15 is 0 Å². The van der Waals surface area contributed by atoms with Crippen molar-refractivity contribution in [1.29, 1.82) is 0 Å². The molecule has 21 heavy (non-hydrogen) atoms. The molecular formula is C12H18N2O4S3. The van der Waals surface area contributed by atoms with Gasteiger partial charge in [-0.2, -0.15) is 11.8 Å². The van der Waals surface area contributed by atoms with Crippen LogP contribution in [0.15, 0.2) is 5.38 Å². The molecule has 1 atom stereocenters. The van der Waals surface area contributed by atoms with Crippen molar-refractivity contribution in [2.45, 2.75) is 19.2 Å². The molecule has 2 heterocycles. The van der Waals surface area contributed by atoms with Gasteiger partial charge in [0, 0.05) is 29.2 Å². The second kappa shape index (κ2) is 6.97. The maximum absolute atomic E-state index is 12.2. The zero-order valence-corrected chi connectivity index (χ0v) is 14.4. The first kappa shape index (κ1) is 16.6. The second-order valence-corrected chi connectivity index (χ2v) is 8.84. The molecule has 0 bridgehead atoms. The lowest BCUT2D eigenvalue weighted by atomic mass is 10.5. The Labute approximate surface area is 132 Å². The van der Waals surface area contributed by atoms with E-state index in [1.807, 2.05) is 0 Å². The smallest absolute Gasteiger partial charge is 0.357 e. The standard InChI is InChI=1S/C12H18N2O4S3/c1-3-18-11(15)9-7-20-12(13-9)14-5-6-19-8-10(14)21(16,17)4-2/h7,10H,3-6,8H2,1-2H3. The average Bonchev–Trinajstić information content (AvgIpc) is 2.97. The first-order valence-corrected chi connectivity index (χ1v) is 10.4. The van der Waals surface area contributed by atoms with E-state index in [9.17, 15) is 13.2 Å². The van der Waals surface area contributed by atoms with E-state index in [0.29, 0.717) is 24.0 Å². The molecule has 0 spiro atoms. The van der Waals surface area contributed by atoms with E-state index < -0.39 is 21.2 Å². The number of nitrogens with zero attached hydrogens (tertiary/aromatic N) is 2. The summed E-state index contributed by atoms with van der Waals surface area (Å²) in [5.41, 5.74) is 0.239. The maximum atomic E-state index is 12.2. The van der Waals surface area contributed by atoms with E-state index in [1.54, 1.807) is 35.9 Å². The number of thioether (sulfide) groups is 1. The quantitative estimate of drug-likeness (QED) is 0.747. The SMILES string of the molecule is CCOC(=O)c1csc(N2CCSCC2S(=O)(=O)CC)n1. The van der Waals surface area contributed by atoms with Gasteiger partial charge in [-0.3, -0.25) is 0 Å². The van der Waals surface area contributed by atoms with E-state index in [0.717, 1.165) is 5.75 Å². The van der Waals surface area contributed by atoms with Crippen LogP contribution in [-0.2, 0) is 14.6 Å². The number of esters is 1. The summed E-state index contributed by atoms with van der Waals surface area (Å²) < 4.78 is 29.3. The number of sulfone groups is 1. The monoisotopic (exact) mass is 350 g/mol. The minimum Gasteiger partial charge on any atom is -0.461 e. The number of carbonyl (C=O) groups is 1. The number of hydrogen-bond acceptors (Lipinski definition) is 8. The molecule has 1 unspecified atom stereocenters. The number of aromatic nitrogens is 1. The van der Waals surface area contributed by atoms with Crippen LogP contribution in [-0.4, -0.2) is 55.2 Å². The van der Waals surface area contributed by atoms with Gasteiger partial charge in [-0.15, -0.1) is 11.3 Å². The van der Waals surface area contributed by atoms with Gasteiger partial charge in [0.15, 0.2) is 20.7 Å². The topological polar surface area (TPSA) is 76.6 Å². The number of thiazole rings is 1. The predicted molar refractivity (Wildman–Crippen MR) is 86.0 cm³/mol. The number of carbonyl (C=O) groups excluding carboxylic acids is 1. The third kappa shape index (κ3) is 3.70. The molecule has 2 rings (SSSR count). The highest BCUT2D eigenvalue weighted by molar-refractivity contribution is 8.01. The van der Waals surface area contributed by atoms with E-state index in [1.165, 1.54) is 11.3 Å². The summed E-state index contributed by atoms with van der Waals surface area (Å²) in [5.74, 6) is 1.01. The van der Waals surface area contributed by atoms with Gasteiger partial charge in [0.25, 0.3) is 0 Å². The fraction of sp³-hybridized carbons (Fsp3) is 0.667. The molecule has 118 valence electrons. The van der Waals surface area contributed by atoms with Crippen molar-refractivity contribution in [2.24, 2.45) is 0 Å². The van der Waals surface area contributed by atoms with Crippen molar-refractivity contribution in [3.05, 3.63) is 11.1 Å². The van der Waals surface area contributed by atoms with E-state index in [-0.39, 0.29) is 11.4 Å². The maximum Gasteiger partial charge on any atom is 0.357 e. The van der Waals surface area contributed by atoms with Gasteiger partial charge < -0.3 is 9.64 Å². The van der Waals surface area contributed by atoms with Crippen LogP contribution in [0.3, 0.4) is 0 Å². The van der Waals surface area contributed by atoms with E-state index in [2.05, 4.69) is 4.98 Å². The Morgan fingerprint density at radius 1 is 1.52 bits per heavy atom. The molecule has 0 saturated carbocycles. The van der Waals surface area contributed by atoms with Crippen LogP contribution < -0.4 is 4.90 Å². The molecule has 0 N–H and O–H groups in total. The molecule has 0 aromatic carbocycles. The summed E-state index contributed by atoms with van der Waals surface area (Å²) in [6, 6.07) is 0. The van der Waals surface area contributed by atoms with Crippen LogP contribution in [0.25, 0.3) is 0 Å². The Morgan fingerprint density at radius 3 is 2.95 bits per heavy atom. The molecule has 1 aliphatic rings. The third-order valence-corrected chi connectivity index (χ3v) is 7.29. The lowest BCUT2D eigenvalue weighted by Crippen LogP contribution is -2.48. The average molecular weight is 350 g/mol. The summed E-state index contributed by atoms with van der Waals surface area (Å²) in [5, 5.41) is 1.62. The Morgan fingerprint density at radius 2 is 2.29 bits per heavy atom. The highest BCUT2D eigenvalue weighted by Gasteiger charge is 2.34. The van der Waals surface area contributed by atoms with Gasteiger partial charge in [0.05, 0.1) is 6.61 Å². The van der Waals surface area contributed by atoms with Crippen LogP contribution in [0.5, 0.6) is 0 Å². The van der Waals surface area contributed by atoms with Gasteiger partial charge >= 0.3 is 5.97 Å². The highest BCUT2D eigenvalue weighted by atomic mass is 32.2. The fourth-order valence-corrected chi connectivity index (χ4v) is 5.89. The predicted octanol–water partition coefficient (Wildman–Crippen LogP) is 1.63. The first-order valence-electron chi connectivity index (χ1n) is 6.68. The fourth-order valence-electron chi connectivity index (χ4n) is 1.98. The van der Waals surface area contributed by atoms with Gasteiger partial charge in [-0.1, -0.05) is 6.92 Å². The second-order valence-electron chi connectivity index (χ2n) is 4.41. The van der Waals surface area contributed by atoms with Crippen LogP contribution in [0.1, 0.15) is 24.3 Å². The zero-order valence-electron chi connectivity index (χ0n) is 11.9. The molecular weight excluding hydrogens is 332 g/mol. The molecule has 0 aliphatic carbocycles. The molecule has 1 aromatic rings. The normalized spacial score (nSPS) is 19.5. The summed E-state index contributed by atoms with van der Waals surface area (Å²) in [4.78, 5) is 17.7. The number of rotatable bonds is 5.